The molecule has 0 saturated heterocycles. The topological polar surface area (TPSA) is 56.0 Å². The van der Waals surface area contributed by atoms with Gasteiger partial charge in [-0.05, 0) is 54.4 Å². The van der Waals surface area contributed by atoms with Gasteiger partial charge in [-0.25, -0.2) is 0 Å². The van der Waals surface area contributed by atoms with Gasteiger partial charge >= 0.3 is 0 Å². The fourth-order valence-corrected chi connectivity index (χ4v) is 3.30. The molecule has 1 heterocycles. The molecular weight excluding hydrogens is 376 g/mol. The van der Waals surface area contributed by atoms with Crippen LogP contribution in [0.15, 0.2) is 82.3 Å². The number of aryl methyl sites for hydroxylation is 1. The zero-order chi connectivity index (χ0) is 20.9. The van der Waals surface area contributed by atoms with Crippen molar-refractivity contribution in [1.29, 1.82) is 0 Å². The van der Waals surface area contributed by atoms with Crippen molar-refractivity contribution < 1.29 is 13.9 Å². The molecule has 0 amide bonds. The molecule has 0 unspecified atom stereocenters. The van der Waals surface area contributed by atoms with Crippen LogP contribution in [0.1, 0.15) is 12.5 Å². The van der Waals surface area contributed by atoms with Gasteiger partial charge in [0.15, 0.2) is 11.5 Å². The van der Waals surface area contributed by atoms with E-state index >= 15 is 0 Å². The van der Waals surface area contributed by atoms with Crippen molar-refractivity contribution in [2.24, 2.45) is 5.10 Å². The molecule has 0 fully saturated rings. The lowest BCUT2D eigenvalue weighted by atomic mass is 10.1. The van der Waals surface area contributed by atoms with Gasteiger partial charge in [0.1, 0.15) is 11.3 Å². The summed E-state index contributed by atoms with van der Waals surface area (Å²) in [6, 6.07) is 23.7. The average Bonchev–Trinajstić information content (AvgIpc) is 2.82. The zero-order valence-electron chi connectivity index (χ0n) is 17.3. The lowest BCUT2D eigenvalue weighted by Crippen LogP contribution is -2.08. The highest BCUT2D eigenvalue weighted by Gasteiger charge is 2.11. The summed E-state index contributed by atoms with van der Waals surface area (Å²) in [4.78, 5) is 0. The van der Waals surface area contributed by atoms with Crippen molar-refractivity contribution in [3.8, 4) is 22.8 Å². The third-order valence-corrected chi connectivity index (χ3v) is 4.96. The summed E-state index contributed by atoms with van der Waals surface area (Å²) in [7, 11) is 3.24. The quantitative estimate of drug-likeness (QED) is 0.428. The van der Waals surface area contributed by atoms with Crippen LogP contribution in [0.2, 0.25) is 0 Å². The van der Waals surface area contributed by atoms with Gasteiger partial charge in [0, 0.05) is 17.0 Å². The highest BCUT2D eigenvalue weighted by Crippen LogP contribution is 2.32. The predicted octanol–water partition coefficient (Wildman–Crippen LogP) is 5.61. The van der Waals surface area contributed by atoms with Crippen LogP contribution in [0.3, 0.4) is 0 Å². The lowest BCUT2D eigenvalue weighted by molar-refractivity contribution is 0.355. The fraction of sp³-hybridized carbons (Fsp3) is 0.160. The van der Waals surface area contributed by atoms with Gasteiger partial charge in [0.25, 0.3) is 0 Å². The van der Waals surface area contributed by atoms with Gasteiger partial charge < -0.3 is 13.9 Å². The first kappa shape index (κ1) is 19.6. The fourth-order valence-electron chi connectivity index (χ4n) is 3.30. The molecule has 152 valence electrons. The minimum atomic E-state index is 0.646. The Morgan fingerprint density at radius 2 is 1.67 bits per heavy atom. The second kappa shape index (κ2) is 8.74. The number of fused-ring (bicyclic) bond motifs is 1. The number of nitrogens with one attached hydrogen (secondary N) is 1. The molecule has 4 aromatic rings. The number of hydrogen-bond acceptors (Lipinski definition) is 5. The number of rotatable bonds is 6. The molecule has 0 aliphatic heterocycles. The van der Waals surface area contributed by atoms with Crippen LogP contribution in [0, 0.1) is 0 Å². The predicted molar refractivity (Wildman–Crippen MR) is 120 cm³/mol. The standard InChI is InChI=1S/C25H24N2O3/c1-4-17-10-12-22-20(14-17)21(27-26-19-8-6-5-7-9-19)16-24(30-22)18-11-13-23(28-2)25(15-18)29-3/h5-16,26H,4H2,1-3H3/b27-21+. The van der Waals surface area contributed by atoms with E-state index in [0.717, 1.165) is 34.0 Å². The Morgan fingerprint density at radius 3 is 2.40 bits per heavy atom. The van der Waals surface area contributed by atoms with Crippen LogP contribution in [0.25, 0.3) is 22.3 Å². The van der Waals surface area contributed by atoms with Crippen molar-refractivity contribution in [2.45, 2.75) is 13.3 Å². The second-order valence-corrected chi connectivity index (χ2v) is 6.84. The Morgan fingerprint density at radius 1 is 0.867 bits per heavy atom. The molecule has 3 aromatic carbocycles. The van der Waals surface area contributed by atoms with Crippen LogP contribution in [-0.2, 0) is 6.42 Å². The molecule has 5 nitrogen and oxygen atoms in total. The van der Waals surface area contributed by atoms with Gasteiger partial charge in [-0.2, -0.15) is 5.10 Å². The molecular formula is C25H24N2O3. The normalized spacial score (nSPS) is 11.5. The Bertz CT molecular complexity index is 1230. The van der Waals surface area contributed by atoms with Crippen LogP contribution in [0.5, 0.6) is 11.5 Å². The molecule has 0 bridgehead atoms. The zero-order valence-corrected chi connectivity index (χ0v) is 17.3. The minimum Gasteiger partial charge on any atom is -0.493 e. The van der Waals surface area contributed by atoms with Gasteiger partial charge in [-0.1, -0.05) is 31.2 Å². The second-order valence-electron chi connectivity index (χ2n) is 6.84. The summed E-state index contributed by atoms with van der Waals surface area (Å²) in [6.45, 7) is 2.13. The van der Waals surface area contributed by atoms with Crippen LogP contribution in [0.4, 0.5) is 5.69 Å². The van der Waals surface area contributed by atoms with E-state index in [-0.39, 0.29) is 0 Å². The SMILES string of the molecule is CCc1ccc2oc(-c3ccc(OC)c(OC)c3)c/c(=N\Nc3ccccc3)c2c1. The molecule has 0 aliphatic rings. The number of methoxy groups -OCH3 is 2. The maximum absolute atomic E-state index is 6.23. The molecule has 1 N–H and O–H groups in total. The Balaban J connectivity index is 1.88. The first-order valence-electron chi connectivity index (χ1n) is 9.85. The lowest BCUT2D eigenvalue weighted by Gasteiger charge is -2.10. The monoisotopic (exact) mass is 400 g/mol. The maximum Gasteiger partial charge on any atom is 0.161 e. The molecule has 0 aliphatic carbocycles. The van der Waals surface area contributed by atoms with Crippen LogP contribution in [-0.4, -0.2) is 14.2 Å². The molecule has 30 heavy (non-hydrogen) atoms. The summed E-state index contributed by atoms with van der Waals surface area (Å²) in [5.74, 6) is 2.01. The van der Waals surface area contributed by atoms with E-state index in [4.69, 9.17) is 13.9 Å². The van der Waals surface area contributed by atoms with E-state index in [1.807, 2.05) is 60.7 Å². The Labute approximate surface area is 175 Å². The summed E-state index contributed by atoms with van der Waals surface area (Å²) >= 11 is 0. The van der Waals surface area contributed by atoms with Gasteiger partial charge in [0.05, 0.1) is 25.3 Å². The molecule has 0 saturated carbocycles. The Kier molecular flexibility index (Phi) is 5.70. The van der Waals surface area contributed by atoms with E-state index in [9.17, 15) is 0 Å². The smallest absolute Gasteiger partial charge is 0.161 e. The number of nitrogens with zero attached hydrogens (tertiary/aromatic N) is 1. The maximum atomic E-state index is 6.23. The Hall–Kier alpha value is -3.73. The highest BCUT2D eigenvalue weighted by atomic mass is 16.5. The molecule has 5 heteroatoms. The number of hydrogen-bond donors (Lipinski definition) is 1. The number of anilines is 1. The molecule has 0 atom stereocenters. The van der Waals surface area contributed by atoms with Crippen molar-refractivity contribution in [1.82, 2.24) is 0 Å². The summed E-state index contributed by atoms with van der Waals surface area (Å²) in [5, 5.41) is 6.44. The van der Waals surface area contributed by atoms with Crippen LogP contribution >= 0.6 is 0 Å². The van der Waals surface area contributed by atoms with E-state index < -0.39 is 0 Å². The first-order valence-corrected chi connectivity index (χ1v) is 9.85. The van der Waals surface area contributed by atoms with E-state index in [1.165, 1.54) is 5.56 Å². The van der Waals surface area contributed by atoms with Gasteiger partial charge in [-0.15, -0.1) is 0 Å². The van der Waals surface area contributed by atoms with Gasteiger partial charge in [0.2, 0.25) is 0 Å². The molecule has 4 rings (SSSR count). The largest absolute Gasteiger partial charge is 0.493 e. The van der Waals surface area contributed by atoms with Gasteiger partial charge in [-0.3, -0.25) is 5.43 Å². The summed E-state index contributed by atoms with van der Waals surface area (Å²) < 4.78 is 17.0. The molecule has 0 spiro atoms. The summed E-state index contributed by atoms with van der Waals surface area (Å²) in [5.41, 5.74) is 6.95. The van der Waals surface area contributed by atoms with Crippen molar-refractivity contribution in [2.75, 3.05) is 19.6 Å². The van der Waals surface area contributed by atoms with E-state index in [1.54, 1.807) is 14.2 Å². The van der Waals surface area contributed by atoms with Crippen molar-refractivity contribution in [3.63, 3.8) is 0 Å². The third-order valence-electron chi connectivity index (χ3n) is 4.96. The highest BCUT2D eigenvalue weighted by molar-refractivity contribution is 5.79. The van der Waals surface area contributed by atoms with E-state index in [0.29, 0.717) is 17.3 Å². The summed E-state index contributed by atoms with van der Waals surface area (Å²) in [6.07, 6.45) is 0.943. The molecule has 0 radical (unpaired) electrons. The number of ether oxygens (including phenoxy) is 2. The number of benzene rings is 3. The number of para-hydroxylation sites is 1. The third kappa shape index (κ3) is 4.01. The van der Waals surface area contributed by atoms with Crippen LogP contribution < -0.4 is 20.3 Å². The average molecular weight is 400 g/mol. The van der Waals surface area contributed by atoms with Crippen molar-refractivity contribution >= 4 is 16.7 Å². The minimum absolute atomic E-state index is 0.646. The molecule has 1 aromatic heterocycles. The first-order chi connectivity index (χ1) is 14.7. The van der Waals surface area contributed by atoms with E-state index in [2.05, 4.69) is 29.6 Å². The van der Waals surface area contributed by atoms with Crippen molar-refractivity contribution in [3.05, 3.63) is 83.7 Å².